The number of hydrogen-bond donors (Lipinski definition) is 2. The SMILES string of the molecule is Oc1ccc2c(c1)CC1(CNC1)C2. The Morgan fingerprint density at radius 1 is 1.15 bits per heavy atom. The van der Waals surface area contributed by atoms with E-state index in [4.69, 9.17) is 0 Å². The molecule has 68 valence electrons. The van der Waals surface area contributed by atoms with E-state index in [9.17, 15) is 5.11 Å². The number of rotatable bonds is 0. The van der Waals surface area contributed by atoms with Crippen LogP contribution in [0.3, 0.4) is 0 Å². The zero-order valence-corrected chi connectivity index (χ0v) is 7.51. The van der Waals surface area contributed by atoms with Crippen LogP contribution in [-0.4, -0.2) is 18.2 Å². The molecule has 2 heteroatoms. The van der Waals surface area contributed by atoms with Crippen molar-refractivity contribution in [2.45, 2.75) is 12.8 Å². The van der Waals surface area contributed by atoms with Crippen LogP contribution in [0.4, 0.5) is 0 Å². The molecule has 1 heterocycles. The summed E-state index contributed by atoms with van der Waals surface area (Å²) < 4.78 is 0. The van der Waals surface area contributed by atoms with E-state index in [1.54, 1.807) is 6.07 Å². The topological polar surface area (TPSA) is 32.3 Å². The fraction of sp³-hybridized carbons (Fsp3) is 0.455. The minimum atomic E-state index is 0.406. The Morgan fingerprint density at radius 2 is 1.92 bits per heavy atom. The summed E-state index contributed by atoms with van der Waals surface area (Å²) in [5.41, 5.74) is 3.27. The monoisotopic (exact) mass is 175 g/mol. The van der Waals surface area contributed by atoms with E-state index in [1.807, 2.05) is 6.07 Å². The van der Waals surface area contributed by atoms with Crippen molar-refractivity contribution in [3.05, 3.63) is 29.3 Å². The highest BCUT2D eigenvalue weighted by Gasteiger charge is 2.41. The van der Waals surface area contributed by atoms with Gasteiger partial charge in [-0.15, -0.1) is 0 Å². The third-order valence-corrected chi connectivity index (χ3v) is 3.32. The lowest BCUT2D eigenvalue weighted by Crippen LogP contribution is -2.53. The average Bonchev–Trinajstić information content (AvgIpc) is 2.41. The van der Waals surface area contributed by atoms with E-state index in [0.29, 0.717) is 11.2 Å². The van der Waals surface area contributed by atoms with E-state index in [0.717, 1.165) is 19.5 Å². The standard InChI is InChI=1S/C11H13NO/c13-10-2-1-8-4-11(6-12-7-11)5-9(8)3-10/h1-3,12-13H,4-7H2. The maximum Gasteiger partial charge on any atom is 0.115 e. The molecule has 3 rings (SSSR count). The molecular formula is C11H13NO. The minimum absolute atomic E-state index is 0.406. The molecule has 0 atom stereocenters. The second-order valence-electron chi connectivity index (χ2n) is 4.41. The summed E-state index contributed by atoms with van der Waals surface area (Å²) >= 11 is 0. The summed E-state index contributed by atoms with van der Waals surface area (Å²) in [6, 6.07) is 5.78. The van der Waals surface area contributed by atoms with Crippen LogP contribution in [0.25, 0.3) is 0 Å². The van der Waals surface area contributed by atoms with Crippen LogP contribution in [0.1, 0.15) is 11.1 Å². The number of phenols is 1. The first-order chi connectivity index (χ1) is 6.27. The van der Waals surface area contributed by atoms with Gasteiger partial charge in [0.25, 0.3) is 0 Å². The molecular weight excluding hydrogens is 162 g/mol. The maximum atomic E-state index is 9.34. The van der Waals surface area contributed by atoms with E-state index in [2.05, 4.69) is 11.4 Å². The predicted octanol–water partition coefficient (Wildman–Crippen LogP) is 1.08. The molecule has 2 aliphatic rings. The molecule has 0 aromatic heterocycles. The number of phenolic OH excluding ortho intramolecular Hbond substituents is 1. The van der Waals surface area contributed by atoms with E-state index >= 15 is 0 Å². The molecule has 1 spiro atoms. The molecule has 1 aromatic carbocycles. The lowest BCUT2D eigenvalue weighted by Gasteiger charge is -2.39. The second kappa shape index (κ2) is 2.26. The number of benzene rings is 1. The molecule has 1 saturated heterocycles. The number of nitrogens with one attached hydrogen (secondary N) is 1. The first-order valence-electron chi connectivity index (χ1n) is 4.79. The van der Waals surface area contributed by atoms with Crippen LogP contribution in [0.5, 0.6) is 5.75 Å². The van der Waals surface area contributed by atoms with Gasteiger partial charge in [-0.05, 0) is 36.1 Å². The average molecular weight is 175 g/mol. The van der Waals surface area contributed by atoms with E-state index in [-0.39, 0.29) is 0 Å². The molecule has 1 aliphatic heterocycles. The van der Waals surface area contributed by atoms with Crippen LogP contribution >= 0.6 is 0 Å². The molecule has 0 radical (unpaired) electrons. The van der Waals surface area contributed by atoms with Gasteiger partial charge in [0.1, 0.15) is 5.75 Å². The van der Waals surface area contributed by atoms with Crippen LogP contribution in [-0.2, 0) is 12.8 Å². The zero-order valence-electron chi connectivity index (χ0n) is 7.51. The third-order valence-electron chi connectivity index (χ3n) is 3.32. The maximum absolute atomic E-state index is 9.34. The van der Waals surface area contributed by atoms with Crippen LogP contribution < -0.4 is 5.32 Å². The van der Waals surface area contributed by atoms with Crippen molar-refractivity contribution in [3.63, 3.8) is 0 Å². The van der Waals surface area contributed by atoms with Crippen molar-refractivity contribution < 1.29 is 5.11 Å². The molecule has 2 nitrogen and oxygen atoms in total. The van der Waals surface area contributed by atoms with Crippen molar-refractivity contribution in [3.8, 4) is 5.75 Å². The third kappa shape index (κ3) is 0.985. The first kappa shape index (κ1) is 7.39. The van der Waals surface area contributed by atoms with Gasteiger partial charge in [0.15, 0.2) is 0 Å². The van der Waals surface area contributed by atoms with Gasteiger partial charge in [0, 0.05) is 18.5 Å². The zero-order chi connectivity index (χ0) is 8.89. The summed E-state index contributed by atoms with van der Waals surface area (Å²) in [6.45, 7) is 2.28. The largest absolute Gasteiger partial charge is 0.508 e. The molecule has 0 amide bonds. The van der Waals surface area contributed by atoms with Crippen molar-refractivity contribution >= 4 is 0 Å². The Balaban J connectivity index is 1.99. The van der Waals surface area contributed by atoms with Gasteiger partial charge < -0.3 is 10.4 Å². The number of fused-ring (bicyclic) bond motifs is 1. The molecule has 13 heavy (non-hydrogen) atoms. The summed E-state index contributed by atoms with van der Waals surface area (Å²) in [6.07, 6.45) is 2.33. The molecule has 0 bridgehead atoms. The van der Waals surface area contributed by atoms with Crippen molar-refractivity contribution in [1.29, 1.82) is 0 Å². The summed E-state index contributed by atoms with van der Waals surface area (Å²) in [5.74, 6) is 0.406. The van der Waals surface area contributed by atoms with Gasteiger partial charge in [-0.1, -0.05) is 6.07 Å². The van der Waals surface area contributed by atoms with E-state index < -0.39 is 0 Å². The minimum Gasteiger partial charge on any atom is -0.508 e. The van der Waals surface area contributed by atoms with Crippen molar-refractivity contribution in [2.24, 2.45) is 5.41 Å². The summed E-state index contributed by atoms with van der Waals surface area (Å²) in [4.78, 5) is 0. The molecule has 0 unspecified atom stereocenters. The predicted molar refractivity (Wildman–Crippen MR) is 50.8 cm³/mol. The van der Waals surface area contributed by atoms with Crippen LogP contribution in [0, 0.1) is 5.41 Å². The van der Waals surface area contributed by atoms with Gasteiger partial charge in [0.05, 0.1) is 0 Å². The second-order valence-corrected chi connectivity index (χ2v) is 4.41. The number of hydrogen-bond acceptors (Lipinski definition) is 2. The van der Waals surface area contributed by atoms with Crippen LogP contribution in [0.15, 0.2) is 18.2 Å². The number of aromatic hydroxyl groups is 1. The Hall–Kier alpha value is -1.02. The molecule has 2 N–H and O–H groups in total. The lowest BCUT2D eigenvalue weighted by molar-refractivity contribution is 0.183. The summed E-state index contributed by atoms with van der Waals surface area (Å²) in [5, 5.41) is 12.7. The van der Waals surface area contributed by atoms with Crippen LogP contribution in [0.2, 0.25) is 0 Å². The quantitative estimate of drug-likeness (QED) is 0.618. The Morgan fingerprint density at radius 3 is 2.62 bits per heavy atom. The highest BCUT2D eigenvalue weighted by Crippen LogP contribution is 2.40. The van der Waals surface area contributed by atoms with Crippen molar-refractivity contribution in [1.82, 2.24) is 5.32 Å². The lowest BCUT2D eigenvalue weighted by atomic mass is 9.79. The Bertz CT molecular complexity index is 355. The van der Waals surface area contributed by atoms with Gasteiger partial charge in [-0.3, -0.25) is 0 Å². The van der Waals surface area contributed by atoms with Gasteiger partial charge in [-0.2, -0.15) is 0 Å². The summed E-state index contributed by atoms with van der Waals surface area (Å²) in [7, 11) is 0. The molecule has 0 saturated carbocycles. The Kier molecular flexibility index (Phi) is 1.29. The van der Waals surface area contributed by atoms with E-state index in [1.165, 1.54) is 17.5 Å². The van der Waals surface area contributed by atoms with Gasteiger partial charge in [0.2, 0.25) is 0 Å². The Labute approximate surface area is 77.6 Å². The normalized spacial score (nSPS) is 22.8. The van der Waals surface area contributed by atoms with Gasteiger partial charge >= 0.3 is 0 Å². The first-order valence-corrected chi connectivity index (χ1v) is 4.79. The fourth-order valence-corrected chi connectivity index (χ4v) is 2.55. The van der Waals surface area contributed by atoms with Gasteiger partial charge in [-0.25, -0.2) is 0 Å². The molecule has 1 aromatic rings. The molecule has 1 fully saturated rings. The fourth-order valence-electron chi connectivity index (χ4n) is 2.55. The van der Waals surface area contributed by atoms with Crippen molar-refractivity contribution in [2.75, 3.05) is 13.1 Å². The highest BCUT2D eigenvalue weighted by atomic mass is 16.3. The highest BCUT2D eigenvalue weighted by molar-refractivity contribution is 5.40. The molecule has 1 aliphatic carbocycles. The smallest absolute Gasteiger partial charge is 0.115 e.